The summed E-state index contributed by atoms with van der Waals surface area (Å²) in [5.74, 6) is -3.19. The Kier molecular flexibility index (Phi) is 9.35. The number of nitrogens with one attached hydrogen (secondary N) is 2. The van der Waals surface area contributed by atoms with E-state index in [0.29, 0.717) is 25.9 Å². The second kappa shape index (κ2) is 11.8. The number of aliphatic carboxylic acids is 1. The van der Waals surface area contributed by atoms with Crippen LogP contribution in [0.3, 0.4) is 0 Å². The van der Waals surface area contributed by atoms with E-state index < -0.39 is 12.1 Å². The van der Waals surface area contributed by atoms with Crippen LogP contribution in [0.2, 0.25) is 0 Å². The molecule has 0 aliphatic carbocycles. The molecule has 0 aromatic heterocycles. The Morgan fingerprint density at radius 3 is 2.24 bits per heavy atom. The zero-order valence-electron chi connectivity index (χ0n) is 17.8. The van der Waals surface area contributed by atoms with E-state index in [1.54, 1.807) is 0 Å². The van der Waals surface area contributed by atoms with Gasteiger partial charge < -0.3 is 16.2 Å². The van der Waals surface area contributed by atoms with Crippen LogP contribution in [0, 0.1) is 0 Å². The lowest BCUT2D eigenvalue weighted by atomic mass is 10.0. The molecule has 9 nitrogen and oxygen atoms in total. The van der Waals surface area contributed by atoms with Crippen LogP contribution in [0.25, 0.3) is 0 Å². The molecule has 3 rings (SSSR count). The van der Waals surface area contributed by atoms with E-state index in [-0.39, 0.29) is 42.3 Å². The van der Waals surface area contributed by atoms with Gasteiger partial charge in [-0.1, -0.05) is 30.3 Å². The fourth-order valence-corrected chi connectivity index (χ4v) is 3.70. The van der Waals surface area contributed by atoms with Crippen LogP contribution in [0.5, 0.6) is 0 Å². The lowest BCUT2D eigenvalue weighted by Crippen LogP contribution is -2.50. The number of likely N-dealkylation sites (tertiary alicyclic amines) is 1. The van der Waals surface area contributed by atoms with Gasteiger partial charge in [-0.15, -0.1) is 0 Å². The minimum Gasteiger partial charge on any atom is -0.475 e. The summed E-state index contributed by atoms with van der Waals surface area (Å²) in [5, 5.41) is 12.5. The van der Waals surface area contributed by atoms with Gasteiger partial charge in [0.25, 0.3) is 0 Å². The summed E-state index contributed by atoms with van der Waals surface area (Å²) >= 11 is 0. The average molecular weight is 472 g/mol. The Bertz CT molecular complexity index is 842. The quantitative estimate of drug-likeness (QED) is 0.444. The van der Waals surface area contributed by atoms with Gasteiger partial charge in [0.05, 0.1) is 12.5 Å². The van der Waals surface area contributed by atoms with Gasteiger partial charge in [0.2, 0.25) is 17.7 Å². The first-order valence-electron chi connectivity index (χ1n) is 10.4. The summed E-state index contributed by atoms with van der Waals surface area (Å²) in [6.45, 7) is 1.40. The highest BCUT2D eigenvalue weighted by Crippen LogP contribution is 2.18. The predicted octanol–water partition coefficient (Wildman–Crippen LogP) is 0.576. The number of rotatable bonds is 6. The summed E-state index contributed by atoms with van der Waals surface area (Å²) in [5.41, 5.74) is 7.23. The maximum Gasteiger partial charge on any atom is 0.490 e. The van der Waals surface area contributed by atoms with Crippen molar-refractivity contribution >= 4 is 23.7 Å². The van der Waals surface area contributed by atoms with E-state index in [4.69, 9.17) is 15.6 Å². The number of carboxylic acids is 1. The molecule has 2 saturated heterocycles. The van der Waals surface area contributed by atoms with E-state index in [2.05, 4.69) is 10.6 Å². The molecule has 1 aromatic rings. The maximum atomic E-state index is 12.2. The van der Waals surface area contributed by atoms with Gasteiger partial charge in [-0.05, 0) is 24.8 Å². The monoisotopic (exact) mass is 472 g/mol. The van der Waals surface area contributed by atoms with Gasteiger partial charge in [-0.2, -0.15) is 13.2 Å². The SMILES string of the molecule is NC(CC(=O)NC1CCN(C2CC(=O)NC2=O)CC1)Cc1ccccc1.O=C(O)C(F)(F)F. The van der Waals surface area contributed by atoms with Crippen LogP contribution in [-0.2, 0) is 25.6 Å². The number of nitrogens with zero attached hydrogens (tertiary/aromatic N) is 1. The number of imide groups is 1. The van der Waals surface area contributed by atoms with Crippen LogP contribution in [0.4, 0.5) is 13.2 Å². The van der Waals surface area contributed by atoms with E-state index in [9.17, 15) is 27.6 Å². The highest BCUT2D eigenvalue weighted by molar-refractivity contribution is 6.05. The first kappa shape index (κ1) is 26.3. The van der Waals surface area contributed by atoms with Crippen LogP contribution < -0.4 is 16.4 Å². The standard InChI is InChI=1S/C19H26N4O3.C2HF3O2/c20-14(10-13-4-2-1-3-5-13)11-17(24)21-15-6-8-23(9-7-15)16-12-18(25)22-19(16)26;3-2(4,5)1(6)7/h1-5,14-16H,6-12,20H2,(H,21,24)(H,22,25,26);(H,6,7). The van der Waals surface area contributed by atoms with Gasteiger partial charge in [-0.3, -0.25) is 24.6 Å². The number of amides is 3. The third kappa shape index (κ3) is 8.81. The van der Waals surface area contributed by atoms with Crippen molar-refractivity contribution < 1.29 is 37.5 Å². The number of halogens is 3. The third-order valence-corrected chi connectivity index (χ3v) is 5.31. The van der Waals surface area contributed by atoms with Gasteiger partial charge in [0.1, 0.15) is 0 Å². The van der Waals surface area contributed by atoms with Gasteiger partial charge in [0, 0.05) is 31.6 Å². The lowest BCUT2D eigenvalue weighted by molar-refractivity contribution is -0.192. The minimum absolute atomic E-state index is 0.0272. The van der Waals surface area contributed by atoms with Crippen LogP contribution >= 0.6 is 0 Å². The average Bonchev–Trinajstić information content (AvgIpc) is 3.07. The number of hydrogen-bond donors (Lipinski definition) is 4. The Morgan fingerprint density at radius 2 is 1.76 bits per heavy atom. The first-order chi connectivity index (χ1) is 15.5. The van der Waals surface area contributed by atoms with Crippen LogP contribution in [0.1, 0.15) is 31.2 Å². The van der Waals surface area contributed by atoms with Crippen molar-refractivity contribution in [1.82, 2.24) is 15.5 Å². The molecule has 0 spiro atoms. The summed E-state index contributed by atoms with van der Waals surface area (Å²) < 4.78 is 31.7. The fourth-order valence-electron chi connectivity index (χ4n) is 3.70. The van der Waals surface area contributed by atoms with Crippen molar-refractivity contribution in [3.63, 3.8) is 0 Å². The predicted molar refractivity (Wildman–Crippen MR) is 111 cm³/mol. The van der Waals surface area contributed by atoms with Crippen LogP contribution in [0.15, 0.2) is 30.3 Å². The molecular weight excluding hydrogens is 445 g/mol. The van der Waals surface area contributed by atoms with Crippen molar-refractivity contribution in [3.8, 4) is 0 Å². The number of nitrogens with two attached hydrogens (primary N) is 1. The smallest absolute Gasteiger partial charge is 0.475 e. The molecule has 1 aromatic carbocycles. The van der Waals surface area contributed by atoms with Crippen molar-refractivity contribution in [2.24, 2.45) is 5.73 Å². The molecule has 3 amide bonds. The second-order valence-corrected chi connectivity index (χ2v) is 7.97. The van der Waals surface area contributed by atoms with E-state index in [1.807, 2.05) is 35.2 Å². The maximum absolute atomic E-state index is 12.2. The molecule has 5 N–H and O–H groups in total. The molecule has 12 heteroatoms. The number of piperidine rings is 1. The number of carboxylic acid groups (broad SMARTS) is 1. The molecule has 33 heavy (non-hydrogen) atoms. The second-order valence-electron chi connectivity index (χ2n) is 7.97. The van der Waals surface area contributed by atoms with Crippen molar-refractivity contribution in [2.45, 2.75) is 56.4 Å². The molecule has 0 radical (unpaired) electrons. The Labute approximate surface area is 188 Å². The highest BCUT2D eigenvalue weighted by atomic mass is 19.4. The summed E-state index contributed by atoms with van der Waals surface area (Å²) in [7, 11) is 0. The molecule has 2 fully saturated rings. The molecule has 2 aliphatic heterocycles. The number of hydrogen-bond acceptors (Lipinski definition) is 6. The zero-order chi connectivity index (χ0) is 24.6. The number of alkyl halides is 3. The van der Waals surface area contributed by atoms with Gasteiger partial charge in [0.15, 0.2) is 0 Å². The van der Waals surface area contributed by atoms with Crippen molar-refractivity contribution in [2.75, 3.05) is 13.1 Å². The first-order valence-corrected chi connectivity index (χ1v) is 10.4. The molecule has 2 atom stereocenters. The van der Waals surface area contributed by atoms with E-state index in [0.717, 1.165) is 18.4 Å². The zero-order valence-corrected chi connectivity index (χ0v) is 17.8. The molecule has 2 unspecified atom stereocenters. The summed E-state index contributed by atoms with van der Waals surface area (Å²) in [4.78, 5) is 46.2. The fraction of sp³-hybridized carbons (Fsp3) is 0.524. The number of carbonyl (C=O) groups is 4. The minimum atomic E-state index is -5.08. The molecule has 2 heterocycles. The molecule has 2 aliphatic rings. The molecule has 0 saturated carbocycles. The van der Waals surface area contributed by atoms with Gasteiger partial charge in [-0.25, -0.2) is 4.79 Å². The largest absolute Gasteiger partial charge is 0.490 e. The number of carbonyl (C=O) groups excluding carboxylic acids is 3. The normalized spacial score (nSPS) is 20.4. The van der Waals surface area contributed by atoms with Crippen molar-refractivity contribution in [3.05, 3.63) is 35.9 Å². The van der Waals surface area contributed by atoms with Gasteiger partial charge >= 0.3 is 12.1 Å². The molecule has 0 bridgehead atoms. The Balaban J connectivity index is 0.000000479. The van der Waals surface area contributed by atoms with Crippen molar-refractivity contribution in [1.29, 1.82) is 0 Å². The Morgan fingerprint density at radius 1 is 1.18 bits per heavy atom. The van der Waals surface area contributed by atoms with E-state index >= 15 is 0 Å². The lowest BCUT2D eigenvalue weighted by Gasteiger charge is -2.34. The van der Waals surface area contributed by atoms with E-state index in [1.165, 1.54) is 0 Å². The Hall–Kier alpha value is -2.99. The molecular formula is C21H27F3N4O5. The highest BCUT2D eigenvalue weighted by Gasteiger charge is 2.38. The van der Waals surface area contributed by atoms with Crippen LogP contribution in [-0.4, -0.2) is 71.1 Å². The number of benzene rings is 1. The summed E-state index contributed by atoms with van der Waals surface area (Å²) in [6, 6.07) is 9.46. The third-order valence-electron chi connectivity index (χ3n) is 5.31. The summed E-state index contributed by atoms with van der Waals surface area (Å²) in [6.07, 6.45) is -2.31. The topological polar surface area (TPSA) is 142 Å². The molecule has 182 valence electrons.